The first kappa shape index (κ1) is 16.3. The van der Waals surface area contributed by atoms with Gasteiger partial charge in [0.05, 0.1) is 12.5 Å². The SMILES string of the molecule is CCN(C)C(=O)CC1C(=O)NCCN1CC1CCCCC1. The summed E-state index contributed by atoms with van der Waals surface area (Å²) in [5.74, 6) is 0.786. The molecule has 0 aromatic heterocycles. The van der Waals surface area contributed by atoms with Crippen molar-refractivity contribution in [3.63, 3.8) is 0 Å². The third-order valence-electron chi connectivity index (χ3n) is 4.93. The highest BCUT2D eigenvalue weighted by Gasteiger charge is 2.33. The van der Waals surface area contributed by atoms with E-state index in [0.29, 0.717) is 25.4 Å². The Morgan fingerprint density at radius 3 is 2.71 bits per heavy atom. The van der Waals surface area contributed by atoms with E-state index in [1.54, 1.807) is 11.9 Å². The van der Waals surface area contributed by atoms with Crippen molar-refractivity contribution in [1.82, 2.24) is 15.1 Å². The molecule has 0 bridgehead atoms. The van der Waals surface area contributed by atoms with Crippen LogP contribution in [0.1, 0.15) is 45.4 Å². The lowest BCUT2D eigenvalue weighted by Crippen LogP contribution is -2.57. The lowest BCUT2D eigenvalue weighted by Gasteiger charge is -2.38. The van der Waals surface area contributed by atoms with Crippen LogP contribution in [0.25, 0.3) is 0 Å². The van der Waals surface area contributed by atoms with Crippen molar-refractivity contribution in [1.29, 1.82) is 0 Å². The van der Waals surface area contributed by atoms with Crippen molar-refractivity contribution in [2.75, 3.05) is 33.2 Å². The number of carbonyl (C=O) groups excluding carboxylic acids is 2. The smallest absolute Gasteiger partial charge is 0.237 e. The Morgan fingerprint density at radius 1 is 1.33 bits per heavy atom. The zero-order chi connectivity index (χ0) is 15.2. The van der Waals surface area contributed by atoms with Gasteiger partial charge in [-0.15, -0.1) is 0 Å². The minimum absolute atomic E-state index is 0.0231. The molecule has 0 spiro atoms. The van der Waals surface area contributed by atoms with Crippen molar-refractivity contribution >= 4 is 11.8 Å². The summed E-state index contributed by atoms with van der Waals surface area (Å²) in [6.07, 6.45) is 6.82. The molecular weight excluding hydrogens is 266 g/mol. The second-order valence-electron chi connectivity index (χ2n) is 6.42. The van der Waals surface area contributed by atoms with E-state index in [2.05, 4.69) is 10.2 Å². The van der Waals surface area contributed by atoms with E-state index in [9.17, 15) is 9.59 Å². The molecule has 2 amide bonds. The highest BCUT2D eigenvalue weighted by atomic mass is 16.2. The first-order valence-electron chi connectivity index (χ1n) is 8.37. The summed E-state index contributed by atoms with van der Waals surface area (Å²) in [5, 5.41) is 2.91. The molecule has 2 aliphatic rings. The largest absolute Gasteiger partial charge is 0.353 e. The third kappa shape index (κ3) is 4.43. The van der Waals surface area contributed by atoms with E-state index < -0.39 is 0 Å². The zero-order valence-corrected chi connectivity index (χ0v) is 13.4. The van der Waals surface area contributed by atoms with Crippen molar-refractivity contribution in [3.8, 4) is 0 Å². The number of hydrogen-bond donors (Lipinski definition) is 1. The molecular formula is C16H29N3O2. The predicted molar refractivity (Wildman–Crippen MR) is 82.9 cm³/mol. The van der Waals surface area contributed by atoms with Crippen LogP contribution in [0.2, 0.25) is 0 Å². The molecule has 1 heterocycles. The van der Waals surface area contributed by atoms with Crippen LogP contribution in [0.3, 0.4) is 0 Å². The fourth-order valence-electron chi connectivity index (χ4n) is 3.40. The van der Waals surface area contributed by atoms with E-state index in [1.807, 2.05) is 6.92 Å². The van der Waals surface area contributed by atoms with Crippen molar-refractivity contribution in [3.05, 3.63) is 0 Å². The standard InChI is InChI=1S/C16H29N3O2/c1-3-18(2)15(20)11-14-16(21)17-9-10-19(14)12-13-7-5-4-6-8-13/h13-14H,3-12H2,1-2H3,(H,17,21). The van der Waals surface area contributed by atoms with Crippen LogP contribution in [-0.2, 0) is 9.59 Å². The maximum atomic E-state index is 12.2. The molecule has 0 radical (unpaired) electrons. The molecule has 0 aromatic rings. The Hall–Kier alpha value is -1.10. The summed E-state index contributed by atoms with van der Waals surface area (Å²) in [6, 6.07) is -0.276. The number of rotatable bonds is 5. The molecule has 1 saturated carbocycles. The number of amides is 2. The number of piperazine rings is 1. The quantitative estimate of drug-likeness (QED) is 0.830. The Bertz CT molecular complexity index is 367. The zero-order valence-electron chi connectivity index (χ0n) is 13.4. The summed E-state index contributed by atoms with van der Waals surface area (Å²) < 4.78 is 0. The molecule has 1 unspecified atom stereocenters. The molecule has 5 heteroatoms. The summed E-state index contributed by atoms with van der Waals surface area (Å²) in [6.45, 7) is 5.20. The minimum atomic E-state index is -0.276. The van der Waals surface area contributed by atoms with Gasteiger partial charge in [-0.3, -0.25) is 14.5 Å². The molecule has 1 N–H and O–H groups in total. The van der Waals surface area contributed by atoms with Crippen LogP contribution < -0.4 is 5.32 Å². The van der Waals surface area contributed by atoms with Gasteiger partial charge in [0.25, 0.3) is 0 Å². The van der Waals surface area contributed by atoms with Crippen molar-refractivity contribution in [2.45, 2.75) is 51.5 Å². The molecule has 2 fully saturated rings. The third-order valence-corrected chi connectivity index (χ3v) is 4.93. The number of nitrogens with one attached hydrogen (secondary N) is 1. The normalized spacial score (nSPS) is 24.7. The average molecular weight is 295 g/mol. The molecule has 0 aromatic carbocycles. The lowest BCUT2D eigenvalue weighted by molar-refractivity contribution is -0.138. The van der Waals surface area contributed by atoms with E-state index >= 15 is 0 Å². The maximum Gasteiger partial charge on any atom is 0.237 e. The number of nitrogens with zero attached hydrogens (tertiary/aromatic N) is 2. The molecule has 120 valence electrons. The highest BCUT2D eigenvalue weighted by molar-refractivity contribution is 5.88. The Morgan fingerprint density at radius 2 is 2.05 bits per heavy atom. The molecule has 5 nitrogen and oxygen atoms in total. The summed E-state index contributed by atoms with van der Waals surface area (Å²) in [5.41, 5.74) is 0. The van der Waals surface area contributed by atoms with Crippen molar-refractivity contribution < 1.29 is 9.59 Å². The van der Waals surface area contributed by atoms with Gasteiger partial charge in [0.15, 0.2) is 0 Å². The fourth-order valence-corrected chi connectivity index (χ4v) is 3.40. The van der Waals surface area contributed by atoms with Gasteiger partial charge in [0, 0.05) is 33.2 Å². The van der Waals surface area contributed by atoms with Gasteiger partial charge >= 0.3 is 0 Å². The molecule has 1 aliphatic heterocycles. The van der Waals surface area contributed by atoms with E-state index in [0.717, 1.165) is 13.1 Å². The van der Waals surface area contributed by atoms with E-state index in [4.69, 9.17) is 0 Å². The Kier molecular flexibility index (Phi) is 6.03. The Labute approximate surface area is 128 Å². The molecule has 1 atom stereocenters. The predicted octanol–water partition coefficient (Wildman–Crippen LogP) is 1.24. The van der Waals surface area contributed by atoms with Crippen molar-refractivity contribution in [2.24, 2.45) is 5.92 Å². The van der Waals surface area contributed by atoms with Crippen LogP contribution >= 0.6 is 0 Å². The molecule has 21 heavy (non-hydrogen) atoms. The maximum absolute atomic E-state index is 12.2. The summed E-state index contributed by atoms with van der Waals surface area (Å²) in [4.78, 5) is 28.3. The first-order chi connectivity index (χ1) is 10.1. The molecule has 1 saturated heterocycles. The van der Waals surface area contributed by atoms with Gasteiger partial charge in [-0.2, -0.15) is 0 Å². The van der Waals surface area contributed by atoms with Gasteiger partial charge in [-0.25, -0.2) is 0 Å². The molecule has 2 rings (SSSR count). The monoisotopic (exact) mass is 295 g/mol. The van der Waals surface area contributed by atoms with Gasteiger partial charge in [-0.1, -0.05) is 19.3 Å². The van der Waals surface area contributed by atoms with Crippen LogP contribution in [-0.4, -0.2) is 60.9 Å². The molecule has 1 aliphatic carbocycles. The fraction of sp³-hybridized carbons (Fsp3) is 0.875. The number of hydrogen-bond acceptors (Lipinski definition) is 3. The van der Waals surface area contributed by atoms with Gasteiger partial charge in [0.2, 0.25) is 11.8 Å². The van der Waals surface area contributed by atoms with Gasteiger partial charge < -0.3 is 10.2 Å². The second-order valence-corrected chi connectivity index (χ2v) is 6.42. The summed E-state index contributed by atoms with van der Waals surface area (Å²) >= 11 is 0. The van der Waals surface area contributed by atoms with Crippen LogP contribution in [0.5, 0.6) is 0 Å². The van der Waals surface area contributed by atoms with E-state index in [1.165, 1.54) is 32.1 Å². The van der Waals surface area contributed by atoms with Crippen LogP contribution in [0.4, 0.5) is 0 Å². The van der Waals surface area contributed by atoms with Gasteiger partial charge in [0.1, 0.15) is 0 Å². The topological polar surface area (TPSA) is 52.7 Å². The number of carbonyl (C=O) groups is 2. The minimum Gasteiger partial charge on any atom is -0.353 e. The first-order valence-corrected chi connectivity index (χ1v) is 8.37. The lowest BCUT2D eigenvalue weighted by atomic mass is 9.88. The average Bonchev–Trinajstić information content (AvgIpc) is 2.50. The van der Waals surface area contributed by atoms with E-state index in [-0.39, 0.29) is 17.9 Å². The second kappa shape index (κ2) is 7.78. The Balaban J connectivity index is 1.95. The highest BCUT2D eigenvalue weighted by Crippen LogP contribution is 2.25. The van der Waals surface area contributed by atoms with Crippen LogP contribution in [0, 0.1) is 5.92 Å². The van der Waals surface area contributed by atoms with Crippen LogP contribution in [0.15, 0.2) is 0 Å². The van der Waals surface area contributed by atoms with Gasteiger partial charge in [-0.05, 0) is 25.7 Å². The summed E-state index contributed by atoms with van der Waals surface area (Å²) in [7, 11) is 1.80.